The van der Waals surface area contributed by atoms with Gasteiger partial charge in [-0.2, -0.15) is 5.26 Å². The lowest BCUT2D eigenvalue weighted by atomic mass is 10.2. The molecule has 0 radical (unpaired) electrons. The first-order chi connectivity index (χ1) is 9.97. The highest BCUT2D eigenvalue weighted by Crippen LogP contribution is 2.17. The van der Waals surface area contributed by atoms with Crippen molar-refractivity contribution in [1.82, 2.24) is 5.32 Å². The van der Waals surface area contributed by atoms with Crippen molar-refractivity contribution in [3.05, 3.63) is 46.2 Å². The lowest BCUT2D eigenvalue weighted by Crippen LogP contribution is -2.33. The van der Waals surface area contributed by atoms with Gasteiger partial charge < -0.3 is 10.6 Å². The number of non-ortho nitro benzene ring substituents is 1. The molecule has 7 nitrogen and oxygen atoms in total. The van der Waals surface area contributed by atoms with Crippen LogP contribution in [0, 0.1) is 21.4 Å². The van der Waals surface area contributed by atoms with Gasteiger partial charge in [0.25, 0.3) is 11.6 Å². The maximum atomic E-state index is 11.8. The number of anilines is 1. The molecule has 0 aliphatic heterocycles. The van der Waals surface area contributed by atoms with E-state index in [1.54, 1.807) is 12.1 Å². The highest BCUT2D eigenvalue weighted by molar-refractivity contribution is 5.97. The zero-order valence-electron chi connectivity index (χ0n) is 11.8. The number of hydrogen-bond donors (Lipinski definition) is 2. The quantitative estimate of drug-likeness (QED) is 0.361. The fourth-order valence-corrected chi connectivity index (χ4v) is 1.42. The topological polar surface area (TPSA) is 108 Å². The Morgan fingerprint density at radius 2 is 2.29 bits per heavy atom. The summed E-state index contributed by atoms with van der Waals surface area (Å²) in [5.41, 5.74) is 0.256. The van der Waals surface area contributed by atoms with E-state index >= 15 is 0 Å². The van der Waals surface area contributed by atoms with Gasteiger partial charge in [0.2, 0.25) is 0 Å². The van der Waals surface area contributed by atoms with Crippen LogP contribution >= 0.6 is 0 Å². The van der Waals surface area contributed by atoms with Crippen molar-refractivity contribution in [3.63, 3.8) is 0 Å². The van der Waals surface area contributed by atoms with Gasteiger partial charge in [-0.25, -0.2) is 0 Å². The van der Waals surface area contributed by atoms with Crippen LogP contribution < -0.4 is 10.6 Å². The van der Waals surface area contributed by atoms with Gasteiger partial charge in [-0.15, -0.1) is 0 Å². The van der Waals surface area contributed by atoms with Crippen LogP contribution in [0.1, 0.15) is 20.3 Å². The van der Waals surface area contributed by atoms with Gasteiger partial charge in [0.1, 0.15) is 11.6 Å². The lowest BCUT2D eigenvalue weighted by molar-refractivity contribution is -0.384. The molecule has 0 spiro atoms. The summed E-state index contributed by atoms with van der Waals surface area (Å²) in [6.07, 6.45) is 1.99. The number of nitrogens with zero attached hydrogens (tertiary/aromatic N) is 2. The van der Waals surface area contributed by atoms with E-state index in [0.29, 0.717) is 5.69 Å². The van der Waals surface area contributed by atoms with E-state index in [2.05, 4.69) is 10.6 Å². The van der Waals surface area contributed by atoms with E-state index in [-0.39, 0.29) is 17.3 Å². The second kappa shape index (κ2) is 7.65. The predicted molar refractivity (Wildman–Crippen MR) is 78.3 cm³/mol. The molecule has 0 aliphatic rings. The molecule has 1 atom stereocenters. The summed E-state index contributed by atoms with van der Waals surface area (Å²) < 4.78 is 0. The van der Waals surface area contributed by atoms with Crippen molar-refractivity contribution in [2.45, 2.75) is 26.3 Å². The molecule has 2 N–H and O–H groups in total. The van der Waals surface area contributed by atoms with Crippen LogP contribution in [0.15, 0.2) is 36.0 Å². The van der Waals surface area contributed by atoms with Gasteiger partial charge in [0.05, 0.1) is 4.92 Å². The summed E-state index contributed by atoms with van der Waals surface area (Å²) in [5, 5.41) is 25.0. The molecule has 21 heavy (non-hydrogen) atoms. The SMILES string of the molecule is CCC(C)NC(=O)/C(C#N)=C\Nc1cccc([N+](=O)[O-])c1. The summed E-state index contributed by atoms with van der Waals surface area (Å²) in [7, 11) is 0. The third-order valence-electron chi connectivity index (χ3n) is 2.80. The van der Waals surface area contributed by atoms with Crippen molar-refractivity contribution < 1.29 is 9.72 Å². The average molecular weight is 288 g/mol. The number of nitrogens with one attached hydrogen (secondary N) is 2. The number of hydrogen-bond acceptors (Lipinski definition) is 5. The second-order valence-electron chi connectivity index (χ2n) is 4.40. The Morgan fingerprint density at radius 1 is 1.57 bits per heavy atom. The van der Waals surface area contributed by atoms with Crippen molar-refractivity contribution in [2.24, 2.45) is 0 Å². The number of nitro benzene ring substituents is 1. The smallest absolute Gasteiger partial charge is 0.271 e. The highest BCUT2D eigenvalue weighted by Gasteiger charge is 2.11. The molecule has 0 heterocycles. The van der Waals surface area contributed by atoms with Crippen LogP contribution in [0.25, 0.3) is 0 Å². The van der Waals surface area contributed by atoms with E-state index in [0.717, 1.165) is 6.42 Å². The van der Waals surface area contributed by atoms with Crippen LogP contribution in [0.3, 0.4) is 0 Å². The molecule has 1 amide bonds. The Labute approximate surface area is 122 Å². The zero-order valence-corrected chi connectivity index (χ0v) is 11.8. The number of carbonyl (C=O) groups excluding carboxylic acids is 1. The van der Waals surface area contributed by atoms with E-state index in [1.807, 2.05) is 13.8 Å². The molecular formula is C14H16N4O3. The van der Waals surface area contributed by atoms with Gasteiger partial charge in [-0.1, -0.05) is 13.0 Å². The van der Waals surface area contributed by atoms with Crippen LogP contribution in [0.5, 0.6) is 0 Å². The first-order valence-electron chi connectivity index (χ1n) is 6.40. The fourth-order valence-electron chi connectivity index (χ4n) is 1.42. The Balaban J connectivity index is 2.81. The standard InChI is InChI=1S/C14H16N4O3/c1-3-10(2)17-14(19)11(8-15)9-16-12-5-4-6-13(7-12)18(20)21/h4-7,9-10,16H,3H2,1-2H3,(H,17,19)/b11-9-. The summed E-state index contributed by atoms with van der Waals surface area (Å²) >= 11 is 0. The summed E-state index contributed by atoms with van der Waals surface area (Å²) in [6, 6.07) is 7.55. The van der Waals surface area contributed by atoms with E-state index < -0.39 is 10.8 Å². The molecule has 0 saturated carbocycles. The Kier molecular flexibility index (Phi) is 5.89. The minimum atomic E-state index is -0.518. The highest BCUT2D eigenvalue weighted by atomic mass is 16.6. The molecule has 0 saturated heterocycles. The van der Waals surface area contributed by atoms with E-state index in [1.165, 1.54) is 24.4 Å². The monoisotopic (exact) mass is 288 g/mol. The molecule has 1 aromatic rings. The minimum Gasteiger partial charge on any atom is -0.360 e. The summed E-state index contributed by atoms with van der Waals surface area (Å²) in [4.78, 5) is 21.9. The minimum absolute atomic E-state index is 0.0351. The third-order valence-corrected chi connectivity index (χ3v) is 2.80. The zero-order chi connectivity index (χ0) is 15.8. The molecule has 1 unspecified atom stereocenters. The molecule has 0 aromatic heterocycles. The van der Waals surface area contributed by atoms with E-state index in [9.17, 15) is 14.9 Å². The third kappa shape index (κ3) is 4.95. The number of amides is 1. The summed E-state index contributed by atoms with van der Waals surface area (Å²) in [6.45, 7) is 3.75. The lowest BCUT2D eigenvalue weighted by Gasteiger charge is -2.10. The number of benzene rings is 1. The molecule has 0 bridgehead atoms. The molecule has 0 fully saturated rings. The van der Waals surface area contributed by atoms with E-state index in [4.69, 9.17) is 5.26 Å². The number of carbonyl (C=O) groups is 1. The normalized spacial score (nSPS) is 12.1. The fraction of sp³-hybridized carbons (Fsp3) is 0.286. The second-order valence-corrected chi connectivity index (χ2v) is 4.40. The molecular weight excluding hydrogens is 272 g/mol. The van der Waals surface area contributed by atoms with Crippen LogP contribution in [0.2, 0.25) is 0 Å². The van der Waals surface area contributed by atoms with Crippen molar-refractivity contribution in [2.75, 3.05) is 5.32 Å². The molecule has 1 rings (SSSR count). The molecule has 110 valence electrons. The van der Waals surface area contributed by atoms with Crippen molar-refractivity contribution >= 4 is 17.3 Å². The van der Waals surface area contributed by atoms with Crippen LogP contribution in [-0.4, -0.2) is 16.9 Å². The van der Waals surface area contributed by atoms with Gasteiger partial charge in [-0.3, -0.25) is 14.9 Å². The Morgan fingerprint density at radius 3 is 2.86 bits per heavy atom. The first-order valence-corrected chi connectivity index (χ1v) is 6.40. The van der Waals surface area contributed by atoms with Crippen molar-refractivity contribution in [1.29, 1.82) is 5.26 Å². The largest absolute Gasteiger partial charge is 0.360 e. The van der Waals surface area contributed by atoms with Gasteiger partial charge in [-0.05, 0) is 19.4 Å². The molecule has 0 aliphatic carbocycles. The van der Waals surface area contributed by atoms with Gasteiger partial charge >= 0.3 is 0 Å². The maximum Gasteiger partial charge on any atom is 0.271 e. The number of nitriles is 1. The average Bonchev–Trinajstić information content (AvgIpc) is 2.47. The Bertz CT molecular complexity index is 604. The first kappa shape index (κ1) is 16.2. The number of rotatable bonds is 6. The van der Waals surface area contributed by atoms with Crippen LogP contribution in [-0.2, 0) is 4.79 Å². The van der Waals surface area contributed by atoms with Crippen LogP contribution in [0.4, 0.5) is 11.4 Å². The van der Waals surface area contributed by atoms with Gasteiger partial charge in [0.15, 0.2) is 0 Å². The predicted octanol–water partition coefficient (Wildman–Crippen LogP) is 2.33. The number of nitro groups is 1. The van der Waals surface area contributed by atoms with Crippen molar-refractivity contribution in [3.8, 4) is 6.07 Å². The maximum absolute atomic E-state index is 11.8. The summed E-state index contributed by atoms with van der Waals surface area (Å²) in [5.74, 6) is -0.482. The Hall–Kier alpha value is -2.88. The van der Waals surface area contributed by atoms with Gasteiger partial charge in [0, 0.05) is 30.1 Å². The molecule has 1 aromatic carbocycles. The molecule has 7 heteroatoms.